The molecule has 1 saturated carbocycles. The predicted octanol–water partition coefficient (Wildman–Crippen LogP) is 1.49. The van der Waals surface area contributed by atoms with Crippen LogP contribution in [0, 0.1) is 16.0 Å². The number of nitrogens with one attached hydrogen (secondary N) is 1. The molecule has 0 radical (unpaired) electrons. The molecule has 1 aromatic carbocycles. The number of methoxy groups -OCH3 is 1. The minimum atomic E-state index is -0.769. The molecule has 0 heterocycles. The SMILES string of the molecule is COC(=O)N(C)c1ccc(NC(=O)[C@@H]2C[C@H]2[N+](=O)[O-])cc1. The summed E-state index contributed by atoms with van der Waals surface area (Å²) in [5.41, 5.74) is 1.13. The lowest BCUT2D eigenvalue weighted by atomic mass is 10.2. The van der Waals surface area contributed by atoms with Crippen LogP contribution < -0.4 is 10.2 Å². The third-order valence-corrected chi connectivity index (χ3v) is 3.33. The van der Waals surface area contributed by atoms with Gasteiger partial charge in [-0.1, -0.05) is 0 Å². The maximum Gasteiger partial charge on any atom is 0.413 e. The lowest BCUT2D eigenvalue weighted by Crippen LogP contribution is -2.25. The summed E-state index contributed by atoms with van der Waals surface area (Å²) < 4.78 is 4.59. The van der Waals surface area contributed by atoms with E-state index in [9.17, 15) is 19.7 Å². The third kappa shape index (κ3) is 3.28. The van der Waals surface area contributed by atoms with E-state index in [0.29, 0.717) is 11.4 Å². The Hall–Kier alpha value is -2.64. The second kappa shape index (κ2) is 5.78. The van der Waals surface area contributed by atoms with Gasteiger partial charge in [0.25, 0.3) is 0 Å². The van der Waals surface area contributed by atoms with Gasteiger partial charge in [-0.3, -0.25) is 19.8 Å². The van der Waals surface area contributed by atoms with Gasteiger partial charge in [-0.05, 0) is 24.3 Å². The molecule has 0 aliphatic heterocycles. The van der Waals surface area contributed by atoms with Gasteiger partial charge in [0, 0.05) is 29.8 Å². The van der Waals surface area contributed by atoms with Crippen molar-refractivity contribution in [3.05, 3.63) is 34.4 Å². The first-order valence-electron chi connectivity index (χ1n) is 6.30. The van der Waals surface area contributed by atoms with Crippen LogP contribution in [0.3, 0.4) is 0 Å². The molecule has 0 aromatic heterocycles. The van der Waals surface area contributed by atoms with Gasteiger partial charge in [-0.25, -0.2) is 4.79 Å². The summed E-state index contributed by atoms with van der Waals surface area (Å²) in [4.78, 5) is 34.5. The number of rotatable bonds is 4. The Morgan fingerprint density at radius 3 is 2.48 bits per heavy atom. The second-order valence-electron chi connectivity index (χ2n) is 4.76. The molecule has 2 atom stereocenters. The van der Waals surface area contributed by atoms with Crippen LogP contribution in [0.25, 0.3) is 0 Å². The van der Waals surface area contributed by atoms with E-state index in [1.54, 1.807) is 31.3 Å². The van der Waals surface area contributed by atoms with Crippen LogP contribution in [-0.4, -0.2) is 37.1 Å². The number of ether oxygens (including phenoxy) is 1. The molecule has 1 aliphatic rings. The van der Waals surface area contributed by atoms with Crippen molar-refractivity contribution in [1.82, 2.24) is 0 Å². The van der Waals surface area contributed by atoms with Gasteiger partial charge in [0.1, 0.15) is 5.92 Å². The molecule has 8 nitrogen and oxygen atoms in total. The average Bonchev–Trinajstić information content (AvgIpc) is 3.27. The van der Waals surface area contributed by atoms with E-state index >= 15 is 0 Å². The number of nitrogens with zero attached hydrogens (tertiary/aromatic N) is 2. The summed E-state index contributed by atoms with van der Waals surface area (Å²) in [6.45, 7) is 0. The lowest BCUT2D eigenvalue weighted by molar-refractivity contribution is -0.497. The van der Waals surface area contributed by atoms with Crippen LogP contribution >= 0.6 is 0 Å². The fourth-order valence-corrected chi connectivity index (χ4v) is 1.94. The van der Waals surface area contributed by atoms with Crippen LogP contribution in [0.4, 0.5) is 16.2 Å². The normalized spacial score (nSPS) is 19.5. The van der Waals surface area contributed by atoms with Crippen LogP contribution in [-0.2, 0) is 9.53 Å². The van der Waals surface area contributed by atoms with E-state index in [2.05, 4.69) is 10.1 Å². The summed E-state index contributed by atoms with van der Waals surface area (Å²) in [6.07, 6.45) is -0.222. The zero-order valence-corrected chi connectivity index (χ0v) is 11.6. The van der Waals surface area contributed by atoms with Crippen molar-refractivity contribution in [2.45, 2.75) is 12.5 Å². The van der Waals surface area contributed by atoms with Crippen molar-refractivity contribution in [1.29, 1.82) is 0 Å². The maximum atomic E-state index is 11.8. The molecule has 8 heteroatoms. The fraction of sp³-hybridized carbons (Fsp3) is 0.385. The number of carbonyl (C=O) groups is 2. The number of carbonyl (C=O) groups excluding carboxylic acids is 2. The molecule has 1 fully saturated rings. The highest BCUT2D eigenvalue weighted by Gasteiger charge is 2.53. The highest BCUT2D eigenvalue weighted by molar-refractivity contribution is 5.95. The van der Waals surface area contributed by atoms with E-state index in [0.717, 1.165) is 0 Å². The smallest absolute Gasteiger partial charge is 0.413 e. The Kier molecular flexibility index (Phi) is 4.06. The first kappa shape index (κ1) is 14.8. The highest BCUT2D eigenvalue weighted by Crippen LogP contribution is 2.34. The molecular weight excluding hydrogens is 278 g/mol. The van der Waals surface area contributed by atoms with Crippen molar-refractivity contribution in [2.75, 3.05) is 24.4 Å². The van der Waals surface area contributed by atoms with Crippen LogP contribution in [0.1, 0.15) is 6.42 Å². The monoisotopic (exact) mass is 293 g/mol. The molecule has 0 unspecified atom stereocenters. The Morgan fingerprint density at radius 2 is 2.00 bits per heavy atom. The largest absolute Gasteiger partial charge is 0.452 e. The molecule has 2 amide bonds. The Labute approximate surface area is 120 Å². The number of hydrogen-bond acceptors (Lipinski definition) is 5. The molecule has 0 bridgehead atoms. The third-order valence-electron chi connectivity index (χ3n) is 3.33. The van der Waals surface area contributed by atoms with Crippen molar-refractivity contribution < 1.29 is 19.2 Å². The first-order chi connectivity index (χ1) is 9.93. The molecule has 21 heavy (non-hydrogen) atoms. The quantitative estimate of drug-likeness (QED) is 0.669. The Bertz CT molecular complexity index is 572. The minimum Gasteiger partial charge on any atom is -0.452 e. The van der Waals surface area contributed by atoms with E-state index in [-0.39, 0.29) is 12.3 Å². The van der Waals surface area contributed by atoms with Gasteiger partial charge in [0.15, 0.2) is 0 Å². The fourth-order valence-electron chi connectivity index (χ4n) is 1.94. The second-order valence-corrected chi connectivity index (χ2v) is 4.76. The van der Waals surface area contributed by atoms with Crippen molar-refractivity contribution >= 4 is 23.4 Å². The van der Waals surface area contributed by atoms with E-state index in [1.165, 1.54) is 12.0 Å². The van der Waals surface area contributed by atoms with Gasteiger partial charge in [-0.2, -0.15) is 0 Å². The van der Waals surface area contributed by atoms with Crippen molar-refractivity contribution in [3.63, 3.8) is 0 Å². The van der Waals surface area contributed by atoms with E-state index < -0.39 is 23.0 Å². The maximum absolute atomic E-state index is 11.8. The molecule has 2 rings (SSSR count). The summed E-state index contributed by atoms with van der Waals surface area (Å²) in [7, 11) is 2.85. The topological polar surface area (TPSA) is 102 Å². The predicted molar refractivity (Wildman–Crippen MR) is 74.8 cm³/mol. The molecule has 1 aromatic rings. The molecule has 0 saturated heterocycles. The zero-order valence-electron chi connectivity index (χ0n) is 11.6. The summed E-state index contributed by atoms with van der Waals surface area (Å²) >= 11 is 0. The summed E-state index contributed by atoms with van der Waals surface area (Å²) in [5, 5.41) is 13.1. The average molecular weight is 293 g/mol. The number of hydrogen-bond donors (Lipinski definition) is 1. The van der Waals surface area contributed by atoms with Gasteiger partial charge < -0.3 is 10.1 Å². The number of amides is 2. The lowest BCUT2D eigenvalue weighted by Gasteiger charge is -2.15. The minimum absolute atomic E-state index is 0.280. The Balaban J connectivity index is 1.95. The molecular formula is C13H15N3O5. The molecule has 0 spiro atoms. The number of anilines is 2. The van der Waals surface area contributed by atoms with Crippen molar-refractivity contribution in [3.8, 4) is 0 Å². The van der Waals surface area contributed by atoms with Crippen LogP contribution in [0.2, 0.25) is 0 Å². The standard InChI is InChI=1S/C13H15N3O5/c1-15(13(18)21-2)9-5-3-8(4-6-9)14-12(17)10-7-11(10)16(19)20/h3-6,10-11H,7H2,1-2H3,(H,14,17)/t10-,11-/m1/s1. The first-order valence-corrected chi connectivity index (χ1v) is 6.30. The molecule has 1 N–H and O–H groups in total. The van der Waals surface area contributed by atoms with Gasteiger partial charge >= 0.3 is 6.09 Å². The van der Waals surface area contributed by atoms with E-state index in [1.807, 2.05) is 0 Å². The molecule has 112 valence electrons. The highest BCUT2D eigenvalue weighted by atomic mass is 16.6. The van der Waals surface area contributed by atoms with Crippen molar-refractivity contribution in [2.24, 2.45) is 5.92 Å². The number of nitro groups is 1. The Morgan fingerprint density at radius 1 is 1.38 bits per heavy atom. The van der Waals surface area contributed by atoms with E-state index in [4.69, 9.17) is 0 Å². The zero-order chi connectivity index (χ0) is 15.6. The number of benzene rings is 1. The van der Waals surface area contributed by atoms with Gasteiger partial charge in [0.2, 0.25) is 11.9 Å². The summed E-state index contributed by atoms with van der Waals surface area (Å²) in [6, 6.07) is 5.76. The van der Waals surface area contributed by atoms with Gasteiger partial charge in [0.05, 0.1) is 7.11 Å². The van der Waals surface area contributed by atoms with Crippen LogP contribution in [0.15, 0.2) is 24.3 Å². The van der Waals surface area contributed by atoms with Crippen LogP contribution in [0.5, 0.6) is 0 Å². The van der Waals surface area contributed by atoms with Gasteiger partial charge in [-0.15, -0.1) is 0 Å². The molecule has 1 aliphatic carbocycles. The summed E-state index contributed by atoms with van der Waals surface area (Å²) in [5.74, 6) is -0.914.